The minimum atomic E-state index is -0.998. The quantitative estimate of drug-likeness (QED) is 0.324. The van der Waals surface area contributed by atoms with Gasteiger partial charge in [0.2, 0.25) is 5.91 Å². The predicted octanol–water partition coefficient (Wildman–Crippen LogP) is 3.70. The van der Waals surface area contributed by atoms with E-state index in [0.717, 1.165) is 51.4 Å². The van der Waals surface area contributed by atoms with E-state index < -0.39 is 12.0 Å². The molecule has 0 aromatic heterocycles. The van der Waals surface area contributed by atoms with Gasteiger partial charge in [0.25, 0.3) is 0 Å². The van der Waals surface area contributed by atoms with E-state index in [-0.39, 0.29) is 28.9 Å². The number of carbonyl (C=O) groups is 2. The molecular formula is C29H50N2O5. The number of nitrogens with two attached hydrogens (primary N) is 1. The van der Waals surface area contributed by atoms with Crippen LogP contribution in [0.4, 0.5) is 0 Å². The highest BCUT2D eigenvalue weighted by Crippen LogP contribution is 2.68. The Kier molecular flexibility index (Phi) is 8.43. The van der Waals surface area contributed by atoms with Crippen molar-refractivity contribution < 1.29 is 24.9 Å². The number of hydrogen-bond acceptors (Lipinski definition) is 5. The molecule has 0 bridgehead atoms. The first kappa shape index (κ1) is 27.8. The fourth-order valence-electron chi connectivity index (χ4n) is 9.58. The van der Waals surface area contributed by atoms with Crippen LogP contribution in [0.3, 0.4) is 0 Å². The molecule has 0 spiro atoms. The standard InChI is InChI=1S/C29H50N2O5/c1-17(6-9-25(34)31-23(27(35)36)5-4-14-30)20-7-8-21-26-22(11-13-29(20,21)3)28(2)12-10-19(32)15-18(28)16-24(26)33/h17-24,26,32-33H,4-16,30H2,1-3H3,(H,31,34)(H,35,36). The average molecular weight is 507 g/mol. The van der Waals surface area contributed by atoms with Crippen LogP contribution in [-0.4, -0.2) is 52.0 Å². The van der Waals surface area contributed by atoms with Gasteiger partial charge in [-0.3, -0.25) is 4.79 Å². The second-order valence-corrected chi connectivity index (χ2v) is 13.4. The number of amides is 1. The zero-order chi connectivity index (χ0) is 26.3. The first-order valence-electron chi connectivity index (χ1n) is 14.6. The molecule has 7 heteroatoms. The summed E-state index contributed by atoms with van der Waals surface area (Å²) in [6.45, 7) is 7.57. The molecule has 4 rings (SSSR count). The number of aliphatic hydroxyl groups excluding tert-OH is 2. The van der Waals surface area contributed by atoms with Crippen molar-refractivity contribution >= 4 is 11.9 Å². The maximum atomic E-state index is 12.6. The Hall–Kier alpha value is -1.18. The largest absolute Gasteiger partial charge is 0.480 e. The number of fused-ring (bicyclic) bond motifs is 5. The Morgan fingerprint density at radius 1 is 1.00 bits per heavy atom. The Bertz CT molecular complexity index is 807. The van der Waals surface area contributed by atoms with Gasteiger partial charge < -0.3 is 26.4 Å². The molecule has 36 heavy (non-hydrogen) atoms. The maximum absolute atomic E-state index is 12.6. The van der Waals surface area contributed by atoms with Crippen molar-refractivity contribution in [2.24, 2.45) is 52.1 Å². The summed E-state index contributed by atoms with van der Waals surface area (Å²) in [4.78, 5) is 24.0. The Morgan fingerprint density at radius 2 is 1.69 bits per heavy atom. The van der Waals surface area contributed by atoms with Crippen molar-refractivity contribution in [3.63, 3.8) is 0 Å². The highest BCUT2D eigenvalue weighted by atomic mass is 16.4. The van der Waals surface area contributed by atoms with Gasteiger partial charge in [-0.15, -0.1) is 0 Å². The van der Waals surface area contributed by atoms with Gasteiger partial charge >= 0.3 is 5.97 Å². The van der Waals surface area contributed by atoms with Gasteiger partial charge in [-0.05, 0) is 124 Å². The highest BCUT2D eigenvalue weighted by Gasteiger charge is 2.62. The van der Waals surface area contributed by atoms with E-state index in [1.807, 2.05) is 0 Å². The average Bonchev–Trinajstić information content (AvgIpc) is 3.18. The summed E-state index contributed by atoms with van der Waals surface area (Å²) in [5.74, 6) is 1.55. The smallest absolute Gasteiger partial charge is 0.326 e. The van der Waals surface area contributed by atoms with E-state index in [0.29, 0.717) is 61.3 Å². The minimum Gasteiger partial charge on any atom is -0.480 e. The van der Waals surface area contributed by atoms with E-state index in [1.54, 1.807) is 0 Å². The van der Waals surface area contributed by atoms with Gasteiger partial charge in [0.15, 0.2) is 0 Å². The van der Waals surface area contributed by atoms with E-state index in [1.165, 1.54) is 6.42 Å². The van der Waals surface area contributed by atoms with Gasteiger partial charge in [-0.1, -0.05) is 20.8 Å². The number of aliphatic hydroxyl groups is 2. The number of nitrogens with one attached hydrogen (secondary N) is 1. The van der Waals surface area contributed by atoms with Crippen molar-refractivity contribution in [2.75, 3.05) is 6.54 Å². The fourth-order valence-corrected chi connectivity index (χ4v) is 9.58. The number of hydrogen-bond donors (Lipinski definition) is 5. The van der Waals surface area contributed by atoms with Gasteiger partial charge in [-0.25, -0.2) is 4.79 Å². The molecule has 0 saturated heterocycles. The van der Waals surface area contributed by atoms with Gasteiger partial charge in [0.1, 0.15) is 6.04 Å². The summed E-state index contributed by atoms with van der Waals surface area (Å²) < 4.78 is 0. The van der Waals surface area contributed by atoms with Gasteiger partial charge in [-0.2, -0.15) is 0 Å². The van der Waals surface area contributed by atoms with Crippen LogP contribution in [0.1, 0.15) is 97.8 Å². The summed E-state index contributed by atoms with van der Waals surface area (Å²) >= 11 is 0. The van der Waals surface area contributed by atoms with E-state index in [2.05, 4.69) is 26.1 Å². The number of carbonyl (C=O) groups excluding carboxylic acids is 1. The van der Waals surface area contributed by atoms with Crippen LogP contribution in [0.25, 0.3) is 0 Å². The first-order chi connectivity index (χ1) is 17.0. The highest BCUT2D eigenvalue weighted by molar-refractivity contribution is 5.83. The van der Waals surface area contributed by atoms with Crippen LogP contribution in [-0.2, 0) is 9.59 Å². The zero-order valence-corrected chi connectivity index (χ0v) is 22.6. The third-order valence-corrected chi connectivity index (χ3v) is 11.6. The molecule has 4 aliphatic rings. The molecule has 4 aliphatic carbocycles. The van der Waals surface area contributed by atoms with Crippen molar-refractivity contribution in [1.82, 2.24) is 5.32 Å². The van der Waals surface area contributed by atoms with Gasteiger partial charge in [0.05, 0.1) is 12.2 Å². The van der Waals surface area contributed by atoms with Crippen LogP contribution in [0.2, 0.25) is 0 Å². The van der Waals surface area contributed by atoms with Gasteiger partial charge in [0, 0.05) is 6.42 Å². The lowest BCUT2D eigenvalue weighted by molar-refractivity contribution is -0.174. The predicted molar refractivity (Wildman–Crippen MR) is 139 cm³/mol. The van der Waals surface area contributed by atoms with Crippen LogP contribution in [0.5, 0.6) is 0 Å². The molecule has 4 fully saturated rings. The molecular weight excluding hydrogens is 456 g/mol. The van der Waals surface area contributed by atoms with Crippen LogP contribution in [0.15, 0.2) is 0 Å². The normalized spacial score (nSPS) is 43.6. The summed E-state index contributed by atoms with van der Waals surface area (Å²) in [6, 6.07) is -0.862. The van der Waals surface area contributed by atoms with Crippen molar-refractivity contribution in [2.45, 2.75) is 116 Å². The second-order valence-electron chi connectivity index (χ2n) is 13.4. The SMILES string of the molecule is CC(CCC(=O)NC(CCCN)C(=O)O)C1CCC2C3C(O)CC4CC(O)CCC4(C)C3CCC12C. The minimum absolute atomic E-state index is 0.181. The Morgan fingerprint density at radius 3 is 2.39 bits per heavy atom. The molecule has 11 atom stereocenters. The van der Waals surface area contributed by atoms with Crippen LogP contribution < -0.4 is 11.1 Å². The summed E-state index contributed by atoms with van der Waals surface area (Å²) in [5.41, 5.74) is 5.92. The lowest BCUT2D eigenvalue weighted by Crippen LogP contribution is -2.58. The molecule has 11 unspecified atom stereocenters. The van der Waals surface area contributed by atoms with Crippen molar-refractivity contribution in [3.05, 3.63) is 0 Å². The summed E-state index contributed by atoms with van der Waals surface area (Å²) in [5, 5.41) is 33.8. The number of rotatable bonds is 9. The molecule has 7 nitrogen and oxygen atoms in total. The fraction of sp³-hybridized carbons (Fsp3) is 0.931. The number of carboxylic acids is 1. The lowest BCUT2D eigenvalue weighted by atomic mass is 9.43. The molecule has 0 aromatic rings. The molecule has 206 valence electrons. The Balaban J connectivity index is 1.39. The molecule has 6 N–H and O–H groups in total. The molecule has 0 aromatic carbocycles. The summed E-state index contributed by atoms with van der Waals surface area (Å²) in [7, 11) is 0. The monoisotopic (exact) mass is 506 g/mol. The van der Waals surface area contributed by atoms with E-state index >= 15 is 0 Å². The second kappa shape index (κ2) is 10.9. The molecule has 0 heterocycles. The molecule has 1 amide bonds. The number of aliphatic carboxylic acids is 1. The third-order valence-electron chi connectivity index (χ3n) is 11.6. The maximum Gasteiger partial charge on any atom is 0.326 e. The molecule has 0 radical (unpaired) electrons. The van der Waals surface area contributed by atoms with Crippen molar-refractivity contribution in [3.8, 4) is 0 Å². The molecule has 4 saturated carbocycles. The van der Waals surface area contributed by atoms with Crippen molar-refractivity contribution in [1.29, 1.82) is 0 Å². The van der Waals surface area contributed by atoms with E-state index in [4.69, 9.17) is 5.73 Å². The number of carboxylic acid groups (broad SMARTS) is 1. The van der Waals surface area contributed by atoms with Crippen LogP contribution >= 0.6 is 0 Å². The first-order valence-corrected chi connectivity index (χ1v) is 14.6. The lowest BCUT2D eigenvalue weighted by Gasteiger charge is -2.62. The molecule has 0 aliphatic heterocycles. The zero-order valence-electron chi connectivity index (χ0n) is 22.6. The Labute approximate surface area is 217 Å². The summed E-state index contributed by atoms with van der Waals surface area (Å²) in [6.07, 6.45) is 9.84. The third kappa shape index (κ3) is 5.09. The topological polar surface area (TPSA) is 133 Å². The van der Waals surface area contributed by atoms with E-state index in [9.17, 15) is 24.9 Å². The van der Waals surface area contributed by atoms with Crippen LogP contribution in [0, 0.1) is 46.3 Å².